The van der Waals surface area contributed by atoms with Crippen molar-refractivity contribution in [3.8, 4) is 39.9 Å². The Hall–Kier alpha value is -6.90. The predicted octanol–water partition coefficient (Wildman–Crippen LogP) is 11.2. The Morgan fingerprint density at radius 3 is 1.62 bits per heavy atom. The Balaban J connectivity index is 0.000000192. The first-order valence-corrected chi connectivity index (χ1v) is 22.6. The maximum Gasteiger partial charge on any atom is 0.390 e. The van der Waals surface area contributed by atoms with Gasteiger partial charge in [0.2, 0.25) is 5.88 Å². The van der Waals surface area contributed by atoms with Gasteiger partial charge in [-0.25, -0.2) is 19.3 Å². The van der Waals surface area contributed by atoms with Crippen molar-refractivity contribution in [2.45, 2.75) is 76.8 Å². The summed E-state index contributed by atoms with van der Waals surface area (Å²) in [4.78, 5) is 37.6. The minimum atomic E-state index is -4.34. The molecule has 2 amide bonds. The number of pyridine rings is 3. The molecular formula is C48H45BrF7N9O4. The van der Waals surface area contributed by atoms with Gasteiger partial charge in [-0.15, -0.1) is 0 Å². The zero-order valence-corrected chi connectivity index (χ0v) is 38.9. The molecule has 21 heteroatoms. The van der Waals surface area contributed by atoms with Crippen LogP contribution in [0.5, 0.6) is 17.4 Å². The third-order valence-corrected chi connectivity index (χ3v) is 11.6. The van der Waals surface area contributed by atoms with Gasteiger partial charge in [0.1, 0.15) is 11.5 Å². The van der Waals surface area contributed by atoms with E-state index in [4.69, 9.17) is 9.47 Å². The van der Waals surface area contributed by atoms with Gasteiger partial charge in [-0.3, -0.25) is 18.4 Å². The minimum Gasteiger partial charge on any atom is -0.479 e. The number of benzene rings is 2. The minimum absolute atomic E-state index is 0.0671. The van der Waals surface area contributed by atoms with E-state index in [9.17, 15) is 40.3 Å². The van der Waals surface area contributed by atoms with Gasteiger partial charge in [-0.2, -0.15) is 26.3 Å². The first kappa shape index (κ1) is 48.6. The Morgan fingerprint density at radius 2 is 1.17 bits per heavy atom. The summed E-state index contributed by atoms with van der Waals surface area (Å²) in [6.45, 7) is 3.10. The van der Waals surface area contributed by atoms with Crippen LogP contribution in [-0.4, -0.2) is 80.2 Å². The average Bonchev–Trinajstić information content (AvgIpc) is 4.19. The average molecular weight is 1020 g/mol. The number of fused-ring (bicyclic) bond motifs is 2. The van der Waals surface area contributed by atoms with Crippen molar-refractivity contribution < 1.29 is 49.8 Å². The van der Waals surface area contributed by atoms with Crippen molar-refractivity contribution in [3.05, 3.63) is 118 Å². The number of methoxy groups -OCH3 is 1. The van der Waals surface area contributed by atoms with E-state index in [1.165, 1.54) is 19.4 Å². The predicted molar refractivity (Wildman–Crippen MR) is 249 cm³/mol. The third kappa shape index (κ3) is 12.2. The maximum absolute atomic E-state index is 14.2. The molecule has 69 heavy (non-hydrogen) atoms. The van der Waals surface area contributed by atoms with Crippen LogP contribution in [0.3, 0.4) is 0 Å². The van der Waals surface area contributed by atoms with Gasteiger partial charge in [0.05, 0.1) is 67.5 Å². The van der Waals surface area contributed by atoms with Gasteiger partial charge in [0.15, 0.2) is 17.1 Å². The summed E-state index contributed by atoms with van der Waals surface area (Å²) < 4.78 is 105. The zero-order valence-electron chi connectivity index (χ0n) is 37.3. The Bertz CT molecular complexity index is 3040. The lowest BCUT2D eigenvalue weighted by atomic mass is 10.0. The number of rotatable bonds is 15. The van der Waals surface area contributed by atoms with E-state index in [-0.39, 0.29) is 54.4 Å². The van der Waals surface area contributed by atoms with Crippen molar-refractivity contribution in [1.82, 2.24) is 34.4 Å². The van der Waals surface area contributed by atoms with E-state index in [1.807, 2.05) is 42.6 Å². The molecule has 0 spiro atoms. The van der Waals surface area contributed by atoms with Crippen molar-refractivity contribution in [2.24, 2.45) is 0 Å². The number of hydrogen-bond donors (Lipinski definition) is 4. The van der Waals surface area contributed by atoms with Crippen molar-refractivity contribution >= 4 is 50.4 Å². The van der Waals surface area contributed by atoms with Gasteiger partial charge >= 0.3 is 12.4 Å². The maximum atomic E-state index is 14.2. The Morgan fingerprint density at radius 1 is 0.681 bits per heavy atom. The second kappa shape index (κ2) is 20.0. The molecule has 0 aliphatic heterocycles. The van der Waals surface area contributed by atoms with Crippen LogP contribution in [0.4, 0.5) is 42.1 Å². The van der Waals surface area contributed by atoms with Crippen molar-refractivity contribution in [1.29, 1.82) is 0 Å². The van der Waals surface area contributed by atoms with E-state index in [2.05, 4.69) is 52.1 Å². The molecule has 2 aromatic carbocycles. The molecule has 362 valence electrons. The number of aromatic nitrogens is 5. The number of carbonyl (C=O) groups excluding carboxylic acids is 2. The Kier molecular flexibility index (Phi) is 14.1. The van der Waals surface area contributed by atoms with Crippen LogP contribution in [0.2, 0.25) is 0 Å². The van der Waals surface area contributed by atoms with E-state index >= 15 is 0 Å². The van der Waals surface area contributed by atoms with Crippen LogP contribution in [0.1, 0.15) is 70.4 Å². The SMILES string of the molecule is COc1ncc(Oc2cc(NCCC(F)(F)F)c3ncc(-c4ccc(C(=O)NC5CC5)c(C)c4)n3c2)cc1F.Cc1cc(-c2cnc3c(NCCC(F)(F)F)cc(Br)cn23)ccc1C(=O)NC1CC1. The number of nitrogens with zero attached hydrogens (tertiary/aromatic N) is 5. The second-order valence-electron chi connectivity index (χ2n) is 16.7. The fourth-order valence-electron chi connectivity index (χ4n) is 7.42. The van der Waals surface area contributed by atoms with Crippen LogP contribution >= 0.6 is 15.9 Å². The molecule has 9 rings (SSSR count). The molecule has 2 saturated carbocycles. The highest BCUT2D eigenvalue weighted by atomic mass is 79.9. The smallest absolute Gasteiger partial charge is 0.390 e. The van der Waals surface area contributed by atoms with Gasteiger partial charge in [-0.1, -0.05) is 12.1 Å². The lowest BCUT2D eigenvalue weighted by Crippen LogP contribution is -2.26. The molecule has 2 aliphatic rings. The highest BCUT2D eigenvalue weighted by Crippen LogP contribution is 2.34. The highest BCUT2D eigenvalue weighted by molar-refractivity contribution is 9.10. The van der Waals surface area contributed by atoms with E-state index < -0.39 is 31.0 Å². The Labute approximate surface area is 399 Å². The molecule has 13 nitrogen and oxygen atoms in total. The standard InChI is InChI=1S/C27H25F4N5O3.C21H20BrF3N4O/c1-15-9-16(3-6-20(15)25(37)35-17-4-5-17)23-13-33-24-22(32-8-7-27(29,30)31)11-19(14-36(23)24)39-18-10-21(28)26(38-2)34-12-18;1-12-8-13(2-5-16(12)20(30)28-15-3-4-15)18-10-27-19-17(9-14(22)11-29(18)19)26-7-6-21(23,24)25/h3,6,9-14,17,32H,4-5,7-8H2,1-2H3,(H,35,37);2,5,8-11,15,26H,3-4,6-7H2,1H3,(H,28,30). The van der Waals surface area contributed by atoms with E-state index in [0.717, 1.165) is 59.7 Å². The number of imidazole rings is 2. The molecule has 0 unspecified atom stereocenters. The van der Waals surface area contributed by atoms with Crippen LogP contribution < -0.4 is 30.7 Å². The lowest BCUT2D eigenvalue weighted by molar-refractivity contribution is -0.132. The van der Waals surface area contributed by atoms with Crippen LogP contribution in [-0.2, 0) is 0 Å². The van der Waals surface area contributed by atoms with Gasteiger partial charge in [-0.05, 0) is 96.9 Å². The molecule has 4 N–H and O–H groups in total. The van der Waals surface area contributed by atoms with Crippen LogP contribution in [0.15, 0.2) is 90.1 Å². The number of aryl methyl sites for hydroxylation is 2. The monoisotopic (exact) mass is 1020 g/mol. The largest absolute Gasteiger partial charge is 0.479 e. The topological polar surface area (TPSA) is 148 Å². The summed E-state index contributed by atoms with van der Waals surface area (Å²) in [6, 6.07) is 15.7. The number of halogens is 8. The number of amides is 2. The number of ether oxygens (including phenoxy) is 2. The number of hydrogen-bond acceptors (Lipinski definition) is 9. The molecule has 5 aromatic heterocycles. The highest BCUT2D eigenvalue weighted by Gasteiger charge is 2.29. The summed E-state index contributed by atoms with van der Waals surface area (Å²) in [6.07, 6.45) is 1.42. The summed E-state index contributed by atoms with van der Waals surface area (Å²) in [5.41, 5.74) is 7.50. The molecule has 7 aromatic rings. The molecule has 2 fully saturated rings. The molecular weight excluding hydrogens is 979 g/mol. The number of alkyl halides is 6. The number of carbonyl (C=O) groups is 2. The van der Waals surface area contributed by atoms with Gasteiger partial charge in [0, 0.05) is 70.2 Å². The third-order valence-electron chi connectivity index (χ3n) is 11.2. The summed E-state index contributed by atoms with van der Waals surface area (Å²) in [5.74, 6) is -0.860. The molecule has 0 radical (unpaired) electrons. The van der Waals surface area contributed by atoms with Crippen molar-refractivity contribution in [2.75, 3.05) is 30.8 Å². The fraction of sp³-hybridized carbons (Fsp3) is 0.312. The molecule has 0 saturated heterocycles. The molecule has 0 bridgehead atoms. The molecule has 5 heterocycles. The number of nitrogens with one attached hydrogen (secondary N) is 4. The van der Waals surface area contributed by atoms with Gasteiger partial charge in [0.25, 0.3) is 11.8 Å². The van der Waals surface area contributed by atoms with E-state index in [0.29, 0.717) is 44.0 Å². The number of anilines is 2. The first-order valence-electron chi connectivity index (χ1n) is 21.8. The summed E-state index contributed by atoms with van der Waals surface area (Å²) >= 11 is 3.42. The lowest BCUT2D eigenvalue weighted by Gasteiger charge is -2.14. The molecule has 2 aliphatic carbocycles. The first-order chi connectivity index (χ1) is 32.8. The quantitative estimate of drug-likeness (QED) is 0.0737. The van der Waals surface area contributed by atoms with Gasteiger partial charge < -0.3 is 30.7 Å². The molecule has 0 atom stereocenters. The van der Waals surface area contributed by atoms with Crippen LogP contribution in [0.25, 0.3) is 33.8 Å². The normalized spacial score (nSPS) is 13.7. The summed E-state index contributed by atoms with van der Waals surface area (Å²) in [5, 5.41) is 11.6. The summed E-state index contributed by atoms with van der Waals surface area (Å²) in [7, 11) is 1.28. The van der Waals surface area contributed by atoms with Crippen molar-refractivity contribution in [3.63, 3.8) is 0 Å². The van der Waals surface area contributed by atoms with Crippen LogP contribution in [0, 0.1) is 19.7 Å². The second-order valence-corrected chi connectivity index (χ2v) is 17.7. The fourth-order valence-corrected chi connectivity index (χ4v) is 7.86. The zero-order chi connectivity index (χ0) is 49.2. The van der Waals surface area contributed by atoms with E-state index in [1.54, 1.807) is 47.3 Å².